The first-order valence-electron chi connectivity index (χ1n) is 10.2. The predicted molar refractivity (Wildman–Crippen MR) is 112 cm³/mol. The number of aromatic nitrogens is 3. The Morgan fingerprint density at radius 1 is 1.18 bits per heavy atom. The lowest BCUT2D eigenvalue weighted by Crippen LogP contribution is -2.39. The number of nitrogens with one attached hydrogen (secondary N) is 1. The summed E-state index contributed by atoms with van der Waals surface area (Å²) in [5.41, 5.74) is 2.62. The van der Waals surface area contributed by atoms with E-state index in [1.54, 1.807) is 11.8 Å². The number of carbonyl (C=O) groups excluding carboxylic acids is 1. The van der Waals surface area contributed by atoms with Gasteiger partial charge in [0.25, 0.3) is 0 Å². The Bertz CT molecular complexity index is 841. The van der Waals surface area contributed by atoms with Crippen LogP contribution in [0, 0.1) is 13.8 Å². The lowest BCUT2D eigenvalue weighted by molar-refractivity contribution is -0.131. The molecule has 1 fully saturated rings. The molecule has 1 N–H and O–H groups in total. The van der Waals surface area contributed by atoms with E-state index in [-0.39, 0.29) is 5.91 Å². The Morgan fingerprint density at radius 2 is 2.00 bits per heavy atom. The number of amides is 1. The van der Waals surface area contributed by atoms with E-state index in [0.717, 1.165) is 63.0 Å². The highest BCUT2D eigenvalue weighted by atomic mass is 32.2. The third-order valence-electron chi connectivity index (χ3n) is 5.93. The Hall–Kier alpha value is -1.86. The Kier molecular flexibility index (Phi) is 6.01. The van der Waals surface area contributed by atoms with Gasteiger partial charge in [0, 0.05) is 49.2 Å². The number of hydrogen-bond donors (Lipinski definition) is 1. The van der Waals surface area contributed by atoms with Crippen LogP contribution in [-0.2, 0) is 17.9 Å². The molecule has 2 aliphatic rings. The minimum Gasteiger partial charge on any atom is -0.343 e. The normalized spacial score (nSPS) is 17.6. The molecule has 0 unspecified atom stereocenters. The second-order valence-electron chi connectivity index (χ2n) is 7.80. The van der Waals surface area contributed by atoms with Gasteiger partial charge >= 0.3 is 0 Å². The minimum absolute atomic E-state index is 0.280. The molecule has 0 aliphatic carbocycles. The Balaban J connectivity index is 1.25. The van der Waals surface area contributed by atoms with Gasteiger partial charge in [0.2, 0.25) is 5.91 Å². The van der Waals surface area contributed by atoms with Gasteiger partial charge in [0.15, 0.2) is 0 Å². The first-order chi connectivity index (χ1) is 13.6. The van der Waals surface area contributed by atoms with Crippen molar-refractivity contribution < 1.29 is 4.79 Å². The van der Waals surface area contributed by atoms with Crippen molar-refractivity contribution in [2.24, 2.45) is 0 Å². The fraction of sp³-hybridized carbons (Fsp3) is 0.571. The summed E-state index contributed by atoms with van der Waals surface area (Å²) in [6.07, 6.45) is 2.58. The number of likely N-dealkylation sites (tertiary alicyclic amines) is 1. The monoisotopic (exact) mass is 399 g/mol. The molecule has 1 amide bonds. The largest absolute Gasteiger partial charge is 0.343 e. The number of piperidine rings is 1. The van der Waals surface area contributed by atoms with Crippen molar-refractivity contribution in [2.45, 2.75) is 57.0 Å². The number of rotatable bonds is 5. The Labute approximate surface area is 171 Å². The summed E-state index contributed by atoms with van der Waals surface area (Å²) in [6.45, 7) is 8.67. The van der Waals surface area contributed by atoms with E-state index in [4.69, 9.17) is 0 Å². The molecule has 0 saturated carbocycles. The van der Waals surface area contributed by atoms with Crippen molar-refractivity contribution in [3.05, 3.63) is 41.0 Å². The van der Waals surface area contributed by atoms with E-state index in [1.807, 2.05) is 4.90 Å². The molecule has 0 radical (unpaired) electrons. The molecule has 3 heterocycles. The van der Waals surface area contributed by atoms with Gasteiger partial charge in [0.1, 0.15) is 11.6 Å². The molecule has 1 aromatic heterocycles. The minimum atomic E-state index is 0.280. The van der Waals surface area contributed by atoms with Gasteiger partial charge in [-0.2, -0.15) is 0 Å². The molecule has 28 heavy (non-hydrogen) atoms. The van der Waals surface area contributed by atoms with Gasteiger partial charge in [-0.15, -0.1) is 22.0 Å². The predicted octanol–water partition coefficient (Wildman–Crippen LogP) is 2.89. The average molecular weight is 400 g/mol. The molecule has 1 aromatic carbocycles. The van der Waals surface area contributed by atoms with Crippen LogP contribution in [0.1, 0.15) is 48.0 Å². The van der Waals surface area contributed by atoms with Crippen LogP contribution in [-0.4, -0.2) is 51.0 Å². The molecule has 2 aliphatic heterocycles. The highest BCUT2D eigenvalue weighted by molar-refractivity contribution is 7.99. The van der Waals surface area contributed by atoms with Crippen molar-refractivity contribution in [2.75, 3.05) is 25.4 Å². The van der Waals surface area contributed by atoms with Crippen LogP contribution in [0.5, 0.6) is 0 Å². The summed E-state index contributed by atoms with van der Waals surface area (Å²) < 4.78 is 2.28. The second-order valence-corrected chi connectivity index (χ2v) is 8.97. The SMILES string of the molecule is Cc1ccc(SCCC(=O)N2CCC(c3nnc4n3CCNC4)CC2)cc1C. The van der Waals surface area contributed by atoms with E-state index < -0.39 is 0 Å². The summed E-state index contributed by atoms with van der Waals surface area (Å²) in [5, 5.41) is 12.1. The van der Waals surface area contributed by atoms with Crippen molar-refractivity contribution in [3.63, 3.8) is 0 Å². The van der Waals surface area contributed by atoms with Gasteiger partial charge in [-0.1, -0.05) is 6.07 Å². The van der Waals surface area contributed by atoms with E-state index in [2.05, 4.69) is 52.1 Å². The lowest BCUT2D eigenvalue weighted by Gasteiger charge is -2.32. The quantitative estimate of drug-likeness (QED) is 0.784. The number of hydrogen-bond acceptors (Lipinski definition) is 5. The summed E-state index contributed by atoms with van der Waals surface area (Å²) in [4.78, 5) is 15.9. The number of benzene rings is 1. The number of carbonyl (C=O) groups is 1. The van der Waals surface area contributed by atoms with Crippen LogP contribution in [0.25, 0.3) is 0 Å². The third-order valence-corrected chi connectivity index (χ3v) is 6.92. The fourth-order valence-electron chi connectivity index (χ4n) is 4.02. The standard InChI is InChI=1S/C21H29N5OS/c1-15-3-4-18(13-16(15)2)28-12-7-20(27)25-9-5-17(6-10-25)21-24-23-19-14-22-8-11-26(19)21/h3-4,13,17,22H,5-12,14H2,1-2H3. The van der Waals surface area contributed by atoms with Crippen molar-refractivity contribution in [1.29, 1.82) is 0 Å². The zero-order chi connectivity index (χ0) is 19.5. The van der Waals surface area contributed by atoms with Crippen molar-refractivity contribution >= 4 is 17.7 Å². The molecule has 0 spiro atoms. The van der Waals surface area contributed by atoms with Gasteiger partial charge < -0.3 is 14.8 Å². The molecule has 150 valence electrons. The van der Waals surface area contributed by atoms with Gasteiger partial charge in [-0.3, -0.25) is 4.79 Å². The molecule has 6 nitrogen and oxygen atoms in total. The van der Waals surface area contributed by atoms with Gasteiger partial charge in [-0.25, -0.2) is 0 Å². The lowest BCUT2D eigenvalue weighted by atomic mass is 9.95. The summed E-state index contributed by atoms with van der Waals surface area (Å²) in [7, 11) is 0. The number of nitrogens with zero attached hydrogens (tertiary/aromatic N) is 4. The van der Waals surface area contributed by atoms with E-state index >= 15 is 0 Å². The van der Waals surface area contributed by atoms with E-state index in [1.165, 1.54) is 16.0 Å². The highest BCUT2D eigenvalue weighted by Crippen LogP contribution is 2.28. The second kappa shape index (κ2) is 8.66. The van der Waals surface area contributed by atoms with Crippen molar-refractivity contribution in [3.8, 4) is 0 Å². The number of aryl methyl sites for hydroxylation is 2. The molecule has 7 heteroatoms. The Morgan fingerprint density at radius 3 is 2.79 bits per heavy atom. The molecular formula is C21H29N5OS. The van der Waals surface area contributed by atoms with Crippen LogP contribution in [0.4, 0.5) is 0 Å². The third kappa shape index (κ3) is 4.25. The van der Waals surface area contributed by atoms with Gasteiger partial charge in [-0.05, 0) is 49.9 Å². The maximum Gasteiger partial charge on any atom is 0.223 e. The topological polar surface area (TPSA) is 63.1 Å². The highest BCUT2D eigenvalue weighted by Gasteiger charge is 2.28. The maximum atomic E-state index is 12.6. The van der Waals surface area contributed by atoms with Crippen LogP contribution in [0.2, 0.25) is 0 Å². The average Bonchev–Trinajstić information content (AvgIpc) is 3.15. The smallest absolute Gasteiger partial charge is 0.223 e. The molecule has 4 rings (SSSR count). The number of thioether (sulfide) groups is 1. The molecule has 0 atom stereocenters. The molecule has 1 saturated heterocycles. The van der Waals surface area contributed by atoms with E-state index in [9.17, 15) is 4.79 Å². The van der Waals surface area contributed by atoms with Gasteiger partial charge in [0.05, 0.1) is 6.54 Å². The molecule has 0 bridgehead atoms. The first kappa shape index (κ1) is 19.5. The summed E-state index contributed by atoms with van der Waals surface area (Å²) >= 11 is 1.77. The molecular weight excluding hydrogens is 370 g/mol. The fourth-order valence-corrected chi connectivity index (χ4v) is 4.96. The van der Waals surface area contributed by atoms with Crippen molar-refractivity contribution in [1.82, 2.24) is 25.0 Å². The van der Waals surface area contributed by atoms with Crippen LogP contribution < -0.4 is 5.32 Å². The summed E-state index contributed by atoms with van der Waals surface area (Å²) in [5.74, 6) is 3.71. The zero-order valence-corrected chi connectivity index (χ0v) is 17.6. The maximum absolute atomic E-state index is 12.6. The van der Waals surface area contributed by atoms with Crippen LogP contribution in [0.3, 0.4) is 0 Å². The number of fused-ring (bicyclic) bond motifs is 1. The van der Waals surface area contributed by atoms with Crippen LogP contribution >= 0.6 is 11.8 Å². The van der Waals surface area contributed by atoms with Crippen LogP contribution in [0.15, 0.2) is 23.1 Å². The first-order valence-corrected chi connectivity index (χ1v) is 11.2. The van der Waals surface area contributed by atoms with E-state index in [0.29, 0.717) is 12.3 Å². The molecule has 2 aromatic rings. The summed E-state index contributed by atoms with van der Waals surface area (Å²) in [6, 6.07) is 6.52. The zero-order valence-electron chi connectivity index (χ0n) is 16.8.